The minimum absolute atomic E-state index is 0.368. The van der Waals surface area contributed by atoms with Crippen molar-refractivity contribution in [3.8, 4) is 5.75 Å². The topological polar surface area (TPSA) is 21.3 Å². The van der Waals surface area contributed by atoms with Gasteiger partial charge in [0.15, 0.2) is 0 Å². The smallest absolute Gasteiger partial charge is 0.118 e. The Balaban J connectivity index is 2.35. The molecule has 0 saturated heterocycles. The molecule has 96 valence electrons. The molecule has 0 amide bonds. The largest absolute Gasteiger partial charge is 0.497 e. The summed E-state index contributed by atoms with van der Waals surface area (Å²) < 4.78 is 5.14. The summed E-state index contributed by atoms with van der Waals surface area (Å²) in [4.78, 5) is 0. The Morgan fingerprint density at radius 2 is 1.76 bits per heavy atom. The highest BCUT2D eigenvalue weighted by molar-refractivity contribution is 5.26. The highest BCUT2D eigenvalue weighted by Gasteiger charge is 2.18. The SMILES string of the molecule is COc1ccc(CNCC(C)C(C)(C)C)cc1. The van der Waals surface area contributed by atoms with Crippen LogP contribution in [0.5, 0.6) is 5.75 Å². The van der Waals surface area contributed by atoms with Gasteiger partial charge < -0.3 is 10.1 Å². The van der Waals surface area contributed by atoms with Crippen molar-refractivity contribution in [2.45, 2.75) is 34.2 Å². The van der Waals surface area contributed by atoms with Crippen molar-refractivity contribution in [1.82, 2.24) is 5.32 Å². The van der Waals surface area contributed by atoms with Crippen molar-refractivity contribution in [3.05, 3.63) is 29.8 Å². The molecule has 1 rings (SSSR count). The molecular formula is C15H25NO. The molecule has 0 aliphatic heterocycles. The van der Waals surface area contributed by atoms with E-state index in [4.69, 9.17) is 4.74 Å². The third kappa shape index (κ3) is 4.78. The summed E-state index contributed by atoms with van der Waals surface area (Å²) in [6, 6.07) is 8.22. The maximum absolute atomic E-state index is 5.14. The van der Waals surface area contributed by atoms with Gasteiger partial charge in [-0.3, -0.25) is 0 Å². The van der Waals surface area contributed by atoms with E-state index >= 15 is 0 Å². The lowest BCUT2D eigenvalue weighted by molar-refractivity contribution is 0.252. The van der Waals surface area contributed by atoms with Crippen LogP contribution >= 0.6 is 0 Å². The Morgan fingerprint density at radius 3 is 2.24 bits per heavy atom. The lowest BCUT2D eigenvalue weighted by atomic mass is 9.82. The number of nitrogens with one attached hydrogen (secondary N) is 1. The normalized spacial score (nSPS) is 13.5. The average molecular weight is 235 g/mol. The lowest BCUT2D eigenvalue weighted by Crippen LogP contribution is -2.29. The molecule has 0 spiro atoms. The second-order valence-electron chi connectivity index (χ2n) is 5.75. The first-order chi connectivity index (χ1) is 7.93. The fourth-order valence-corrected chi connectivity index (χ4v) is 1.48. The summed E-state index contributed by atoms with van der Waals surface area (Å²) >= 11 is 0. The molecule has 1 aromatic carbocycles. The van der Waals surface area contributed by atoms with Gasteiger partial charge in [-0.15, -0.1) is 0 Å². The van der Waals surface area contributed by atoms with Crippen molar-refractivity contribution in [2.24, 2.45) is 11.3 Å². The third-order valence-electron chi connectivity index (χ3n) is 3.42. The summed E-state index contributed by atoms with van der Waals surface area (Å²) in [7, 11) is 1.69. The first-order valence-electron chi connectivity index (χ1n) is 6.27. The van der Waals surface area contributed by atoms with E-state index in [-0.39, 0.29) is 0 Å². The molecule has 1 N–H and O–H groups in total. The Kier molecular flexibility index (Phi) is 5.01. The van der Waals surface area contributed by atoms with Crippen LogP contribution in [0.4, 0.5) is 0 Å². The first-order valence-corrected chi connectivity index (χ1v) is 6.27. The molecule has 0 aliphatic carbocycles. The minimum Gasteiger partial charge on any atom is -0.497 e. The van der Waals surface area contributed by atoms with Gasteiger partial charge in [0, 0.05) is 6.54 Å². The number of methoxy groups -OCH3 is 1. The molecule has 1 unspecified atom stereocenters. The Hall–Kier alpha value is -1.02. The summed E-state index contributed by atoms with van der Waals surface area (Å²) in [5.74, 6) is 1.58. The summed E-state index contributed by atoms with van der Waals surface area (Å²) in [5.41, 5.74) is 1.67. The van der Waals surface area contributed by atoms with Crippen molar-refractivity contribution < 1.29 is 4.74 Å². The number of hydrogen-bond acceptors (Lipinski definition) is 2. The molecule has 2 nitrogen and oxygen atoms in total. The highest BCUT2D eigenvalue weighted by Crippen LogP contribution is 2.24. The van der Waals surface area contributed by atoms with Crippen molar-refractivity contribution in [1.29, 1.82) is 0 Å². The number of rotatable bonds is 5. The second kappa shape index (κ2) is 6.06. The Bertz CT molecular complexity index is 324. The molecule has 0 aliphatic rings. The van der Waals surface area contributed by atoms with Crippen LogP contribution in [0.15, 0.2) is 24.3 Å². The molecule has 0 saturated carbocycles. The van der Waals surface area contributed by atoms with Gasteiger partial charge >= 0.3 is 0 Å². The fourth-order valence-electron chi connectivity index (χ4n) is 1.48. The summed E-state index contributed by atoms with van der Waals surface area (Å²) in [6.07, 6.45) is 0. The van der Waals surface area contributed by atoms with Gasteiger partial charge in [-0.2, -0.15) is 0 Å². The Labute approximate surface area is 105 Å². The molecule has 1 atom stereocenters. The molecule has 0 bridgehead atoms. The maximum atomic E-state index is 5.14. The van der Waals surface area contributed by atoms with E-state index in [1.54, 1.807) is 7.11 Å². The van der Waals surface area contributed by atoms with Gasteiger partial charge in [0.2, 0.25) is 0 Å². The van der Waals surface area contributed by atoms with E-state index in [0.717, 1.165) is 18.8 Å². The molecule has 0 fully saturated rings. The van der Waals surface area contributed by atoms with Crippen molar-refractivity contribution >= 4 is 0 Å². The zero-order valence-electron chi connectivity index (χ0n) is 11.7. The first kappa shape index (κ1) is 14.0. The fraction of sp³-hybridized carbons (Fsp3) is 0.600. The predicted octanol–water partition coefficient (Wildman–Crippen LogP) is 3.47. The average Bonchev–Trinajstić information content (AvgIpc) is 2.28. The van der Waals surface area contributed by atoms with E-state index in [1.165, 1.54) is 5.56 Å². The maximum Gasteiger partial charge on any atom is 0.118 e. The van der Waals surface area contributed by atoms with Crippen LogP contribution in [0.3, 0.4) is 0 Å². The monoisotopic (exact) mass is 235 g/mol. The van der Waals surface area contributed by atoms with Crippen LogP contribution in [0, 0.1) is 11.3 Å². The molecule has 2 heteroatoms. The van der Waals surface area contributed by atoms with E-state index in [0.29, 0.717) is 11.3 Å². The molecule has 17 heavy (non-hydrogen) atoms. The van der Waals surface area contributed by atoms with E-state index in [9.17, 15) is 0 Å². The van der Waals surface area contributed by atoms with Crippen LogP contribution in [-0.2, 0) is 6.54 Å². The molecule has 0 heterocycles. The van der Waals surface area contributed by atoms with Gasteiger partial charge in [0.25, 0.3) is 0 Å². The van der Waals surface area contributed by atoms with Gasteiger partial charge in [-0.05, 0) is 35.6 Å². The lowest BCUT2D eigenvalue weighted by Gasteiger charge is -2.27. The number of hydrogen-bond donors (Lipinski definition) is 1. The Morgan fingerprint density at radius 1 is 1.18 bits per heavy atom. The van der Waals surface area contributed by atoms with Gasteiger partial charge in [-0.1, -0.05) is 39.8 Å². The molecule has 0 radical (unpaired) electrons. The van der Waals surface area contributed by atoms with Gasteiger partial charge in [0.1, 0.15) is 5.75 Å². The summed E-state index contributed by atoms with van der Waals surface area (Å²) in [6.45, 7) is 11.1. The third-order valence-corrected chi connectivity index (χ3v) is 3.42. The van der Waals surface area contributed by atoms with Crippen LogP contribution < -0.4 is 10.1 Å². The van der Waals surface area contributed by atoms with Gasteiger partial charge in [0.05, 0.1) is 7.11 Å². The molecular weight excluding hydrogens is 210 g/mol. The van der Waals surface area contributed by atoms with E-state index in [1.807, 2.05) is 12.1 Å². The molecule has 0 aromatic heterocycles. The second-order valence-corrected chi connectivity index (χ2v) is 5.75. The van der Waals surface area contributed by atoms with Crippen LogP contribution in [0.25, 0.3) is 0 Å². The minimum atomic E-state index is 0.368. The number of ether oxygens (including phenoxy) is 1. The predicted molar refractivity (Wildman–Crippen MR) is 73.3 cm³/mol. The standard InChI is InChI=1S/C15H25NO/c1-12(15(2,3)4)10-16-11-13-6-8-14(17-5)9-7-13/h6-9,12,16H,10-11H2,1-5H3. The van der Waals surface area contributed by atoms with Gasteiger partial charge in [-0.25, -0.2) is 0 Å². The highest BCUT2D eigenvalue weighted by atomic mass is 16.5. The van der Waals surface area contributed by atoms with Crippen molar-refractivity contribution in [3.63, 3.8) is 0 Å². The van der Waals surface area contributed by atoms with E-state index < -0.39 is 0 Å². The number of benzene rings is 1. The van der Waals surface area contributed by atoms with Crippen LogP contribution in [0.2, 0.25) is 0 Å². The van der Waals surface area contributed by atoms with E-state index in [2.05, 4.69) is 45.1 Å². The van der Waals surface area contributed by atoms with Crippen LogP contribution in [0.1, 0.15) is 33.3 Å². The van der Waals surface area contributed by atoms with Crippen molar-refractivity contribution in [2.75, 3.05) is 13.7 Å². The molecule has 1 aromatic rings. The summed E-state index contributed by atoms with van der Waals surface area (Å²) in [5, 5.41) is 3.50. The van der Waals surface area contributed by atoms with Crippen LogP contribution in [-0.4, -0.2) is 13.7 Å². The zero-order valence-corrected chi connectivity index (χ0v) is 11.7. The quantitative estimate of drug-likeness (QED) is 0.844. The zero-order chi connectivity index (χ0) is 12.9.